The fourth-order valence-electron chi connectivity index (χ4n) is 1.92. The predicted molar refractivity (Wildman–Crippen MR) is 68.8 cm³/mol. The summed E-state index contributed by atoms with van der Waals surface area (Å²) in [5.41, 5.74) is 2.00. The van der Waals surface area contributed by atoms with E-state index in [1.165, 1.54) is 6.92 Å². The Hall–Kier alpha value is -1.89. The molecule has 2 rings (SSSR count). The van der Waals surface area contributed by atoms with Gasteiger partial charge in [-0.1, -0.05) is 36.3 Å². The van der Waals surface area contributed by atoms with Crippen LogP contribution in [0.5, 0.6) is 0 Å². The molecule has 0 aliphatic carbocycles. The second kappa shape index (κ2) is 5.85. The van der Waals surface area contributed by atoms with Gasteiger partial charge in [-0.3, -0.25) is 0 Å². The number of nitrogens with zero attached hydrogens (tertiary/aromatic N) is 2. The summed E-state index contributed by atoms with van der Waals surface area (Å²) in [6, 6.07) is 7.56. The van der Waals surface area contributed by atoms with E-state index in [4.69, 9.17) is 4.52 Å². The summed E-state index contributed by atoms with van der Waals surface area (Å²) in [4.78, 5) is 3.94. The molecule has 0 aliphatic rings. The number of hydrogen-bond acceptors (Lipinski definition) is 4. The van der Waals surface area contributed by atoms with Gasteiger partial charge in [-0.15, -0.1) is 0 Å². The summed E-state index contributed by atoms with van der Waals surface area (Å²) in [7, 11) is 0. The Morgan fingerprint density at radius 3 is 2.57 bits per heavy atom. The fourth-order valence-corrected chi connectivity index (χ4v) is 1.92. The number of alkyl halides is 3. The van der Waals surface area contributed by atoms with Gasteiger partial charge in [-0.25, -0.2) is 0 Å². The summed E-state index contributed by atoms with van der Waals surface area (Å²) in [6.07, 6.45) is -6.88. The highest BCUT2D eigenvalue weighted by molar-refractivity contribution is 5.28. The maximum absolute atomic E-state index is 12.5. The molecule has 7 heteroatoms. The molecule has 0 radical (unpaired) electrons. The van der Waals surface area contributed by atoms with Crippen molar-refractivity contribution in [2.75, 3.05) is 0 Å². The average molecular weight is 300 g/mol. The lowest BCUT2D eigenvalue weighted by Crippen LogP contribution is -2.33. The summed E-state index contributed by atoms with van der Waals surface area (Å²) < 4.78 is 42.2. The molecule has 1 aromatic heterocycles. The van der Waals surface area contributed by atoms with Crippen LogP contribution in [0.2, 0.25) is 0 Å². The van der Waals surface area contributed by atoms with E-state index in [1.807, 2.05) is 31.2 Å². The van der Waals surface area contributed by atoms with Crippen molar-refractivity contribution < 1.29 is 22.8 Å². The smallest absolute Gasteiger partial charge is 0.383 e. The van der Waals surface area contributed by atoms with E-state index in [2.05, 4.69) is 10.1 Å². The van der Waals surface area contributed by atoms with Crippen LogP contribution in [-0.4, -0.2) is 27.5 Å². The van der Waals surface area contributed by atoms with Gasteiger partial charge in [0.2, 0.25) is 5.89 Å². The quantitative estimate of drug-likeness (QED) is 0.943. The van der Waals surface area contributed by atoms with E-state index in [1.54, 1.807) is 0 Å². The highest BCUT2D eigenvalue weighted by atomic mass is 19.4. The van der Waals surface area contributed by atoms with Gasteiger partial charge in [0.05, 0.1) is 5.92 Å². The second-order valence-electron chi connectivity index (χ2n) is 4.93. The van der Waals surface area contributed by atoms with Crippen LogP contribution < -0.4 is 0 Å². The lowest BCUT2D eigenvalue weighted by Gasteiger charge is -2.17. The number of aliphatic hydroxyl groups excluding tert-OH is 1. The first kappa shape index (κ1) is 15.5. The minimum Gasteiger partial charge on any atom is -0.383 e. The third kappa shape index (κ3) is 3.60. The molecule has 0 bridgehead atoms. The monoisotopic (exact) mass is 300 g/mol. The normalized spacial score (nSPS) is 15.0. The number of aliphatic hydroxyl groups is 1. The zero-order valence-electron chi connectivity index (χ0n) is 11.6. The number of rotatable bonds is 4. The standard InChI is InChI=1S/C14H15F3N2O2/c1-8-5-3-4-6-10(8)7-11-18-13(21-19-11)9(2)12(20)14(15,16)17/h3-6,9,12,20H,7H2,1-2H3. The van der Waals surface area contributed by atoms with Crippen molar-refractivity contribution in [1.29, 1.82) is 0 Å². The van der Waals surface area contributed by atoms with E-state index in [0.29, 0.717) is 12.2 Å². The fraction of sp³-hybridized carbons (Fsp3) is 0.429. The van der Waals surface area contributed by atoms with E-state index >= 15 is 0 Å². The predicted octanol–water partition coefficient (Wildman–Crippen LogP) is 3.00. The molecule has 2 aromatic rings. The molecule has 1 aromatic carbocycles. The van der Waals surface area contributed by atoms with E-state index in [0.717, 1.165) is 11.1 Å². The maximum atomic E-state index is 12.5. The van der Waals surface area contributed by atoms with Crippen molar-refractivity contribution in [3.63, 3.8) is 0 Å². The van der Waals surface area contributed by atoms with Gasteiger partial charge in [0, 0.05) is 6.42 Å². The Bertz CT molecular complexity index is 610. The molecule has 0 fully saturated rings. The lowest BCUT2D eigenvalue weighted by atomic mass is 10.0. The molecule has 1 N–H and O–H groups in total. The molecule has 2 unspecified atom stereocenters. The Kier molecular flexibility index (Phi) is 4.32. The third-order valence-corrected chi connectivity index (χ3v) is 3.29. The molecule has 4 nitrogen and oxygen atoms in total. The van der Waals surface area contributed by atoms with Gasteiger partial charge < -0.3 is 9.63 Å². The number of aryl methyl sites for hydroxylation is 1. The molecule has 0 amide bonds. The van der Waals surface area contributed by atoms with Crippen molar-refractivity contribution >= 4 is 0 Å². The summed E-state index contributed by atoms with van der Waals surface area (Å²) in [5.74, 6) is -1.23. The lowest BCUT2D eigenvalue weighted by molar-refractivity contribution is -0.210. The Morgan fingerprint density at radius 1 is 1.29 bits per heavy atom. The van der Waals surface area contributed by atoms with Crippen LogP contribution in [-0.2, 0) is 6.42 Å². The minimum atomic E-state index is -4.72. The summed E-state index contributed by atoms with van der Waals surface area (Å²) in [5, 5.41) is 12.9. The first-order valence-electron chi connectivity index (χ1n) is 6.41. The van der Waals surface area contributed by atoms with Crippen LogP contribution >= 0.6 is 0 Å². The largest absolute Gasteiger partial charge is 0.415 e. The molecule has 2 atom stereocenters. The highest BCUT2D eigenvalue weighted by Crippen LogP contribution is 2.30. The topological polar surface area (TPSA) is 59.2 Å². The van der Waals surface area contributed by atoms with Gasteiger partial charge in [0.25, 0.3) is 0 Å². The van der Waals surface area contributed by atoms with Crippen LogP contribution in [0.1, 0.15) is 35.7 Å². The summed E-state index contributed by atoms with van der Waals surface area (Å²) >= 11 is 0. The number of hydrogen-bond donors (Lipinski definition) is 1. The molecule has 0 saturated heterocycles. The van der Waals surface area contributed by atoms with Gasteiger partial charge in [0.1, 0.15) is 0 Å². The SMILES string of the molecule is Cc1ccccc1Cc1noc(C(C)C(O)C(F)(F)F)n1. The average Bonchev–Trinajstić information content (AvgIpc) is 2.87. The van der Waals surface area contributed by atoms with Crippen molar-refractivity contribution in [2.24, 2.45) is 0 Å². The zero-order chi connectivity index (χ0) is 15.6. The molecule has 114 valence electrons. The molecule has 0 spiro atoms. The molecular weight excluding hydrogens is 285 g/mol. The molecule has 0 aliphatic heterocycles. The van der Waals surface area contributed by atoms with Gasteiger partial charge >= 0.3 is 6.18 Å². The first-order chi connectivity index (χ1) is 9.79. The second-order valence-corrected chi connectivity index (χ2v) is 4.93. The Morgan fingerprint density at radius 2 is 1.95 bits per heavy atom. The van der Waals surface area contributed by atoms with Crippen molar-refractivity contribution in [3.05, 3.63) is 47.1 Å². The van der Waals surface area contributed by atoms with Crippen LogP contribution in [0.25, 0.3) is 0 Å². The summed E-state index contributed by atoms with van der Waals surface area (Å²) in [6.45, 7) is 3.12. The van der Waals surface area contributed by atoms with Gasteiger partial charge in [-0.05, 0) is 18.1 Å². The Balaban J connectivity index is 2.13. The third-order valence-electron chi connectivity index (χ3n) is 3.29. The number of aromatic nitrogens is 2. The number of benzene rings is 1. The molecule has 21 heavy (non-hydrogen) atoms. The van der Waals surface area contributed by atoms with Gasteiger partial charge in [0.15, 0.2) is 11.9 Å². The number of halogens is 3. The van der Waals surface area contributed by atoms with Crippen molar-refractivity contribution in [3.8, 4) is 0 Å². The van der Waals surface area contributed by atoms with Crippen LogP contribution in [0.15, 0.2) is 28.8 Å². The zero-order valence-corrected chi connectivity index (χ0v) is 11.6. The van der Waals surface area contributed by atoms with Crippen LogP contribution in [0.4, 0.5) is 13.2 Å². The molecule has 1 heterocycles. The Labute approximate surface area is 119 Å². The van der Waals surface area contributed by atoms with Crippen LogP contribution in [0, 0.1) is 6.92 Å². The van der Waals surface area contributed by atoms with E-state index < -0.39 is 18.2 Å². The first-order valence-corrected chi connectivity index (χ1v) is 6.41. The van der Waals surface area contributed by atoms with Crippen molar-refractivity contribution in [2.45, 2.75) is 38.5 Å². The van der Waals surface area contributed by atoms with Crippen molar-refractivity contribution in [1.82, 2.24) is 10.1 Å². The molecular formula is C14H15F3N2O2. The maximum Gasteiger partial charge on any atom is 0.415 e. The highest BCUT2D eigenvalue weighted by Gasteiger charge is 2.44. The van der Waals surface area contributed by atoms with E-state index in [9.17, 15) is 18.3 Å². The van der Waals surface area contributed by atoms with Gasteiger partial charge in [-0.2, -0.15) is 18.2 Å². The minimum absolute atomic E-state index is 0.219. The molecule has 0 saturated carbocycles. The van der Waals surface area contributed by atoms with E-state index in [-0.39, 0.29) is 5.89 Å². The van der Waals surface area contributed by atoms with Crippen LogP contribution in [0.3, 0.4) is 0 Å².